The number of fused-ring (bicyclic) bond motifs is 1. The first-order valence-electron chi connectivity index (χ1n) is 14.7. The lowest BCUT2D eigenvalue weighted by Crippen LogP contribution is -2.52. The molecule has 6 rings (SSSR count). The van der Waals surface area contributed by atoms with E-state index < -0.39 is 5.82 Å². The molecule has 2 aromatic heterocycles. The van der Waals surface area contributed by atoms with Crippen molar-refractivity contribution in [1.82, 2.24) is 35.1 Å². The summed E-state index contributed by atoms with van der Waals surface area (Å²) in [5, 5.41) is 20.7. The van der Waals surface area contributed by atoms with Crippen LogP contribution in [-0.2, 0) is 11.3 Å². The maximum absolute atomic E-state index is 16.5. The molecule has 2 aliphatic heterocycles. The third-order valence-electron chi connectivity index (χ3n) is 8.24. The van der Waals surface area contributed by atoms with Crippen molar-refractivity contribution in [3.05, 3.63) is 71.9 Å². The Balaban J connectivity index is 1.37. The maximum atomic E-state index is 16.5. The minimum Gasteiger partial charge on any atom is -0.496 e. The molecule has 1 saturated heterocycles. The number of nitriles is 1. The molecule has 1 atom stereocenters. The van der Waals surface area contributed by atoms with Crippen molar-refractivity contribution in [1.29, 1.82) is 5.26 Å². The van der Waals surface area contributed by atoms with Crippen molar-refractivity contribution in [3.63, 3.8) is 0 Å². The van der Waals surface area contributed by atoms with Gasteiger partial charge in [0.1, 0.15) is 11.4 Å². The highest BCUT2D eigenvalue weighted by Gasteiger charge is 2.28. The fraction of sp³-hybridized carbons (Fsp3) is 0.344. The summed E-state index contributed by atoms with van der Waals surface area (Å²) >= 11 is 0. The van der Waals surface area contributed by atoms with E-state index in [1.54, 1.807) is 46.1 Å². The smallest absolute Gasteiger partial charge is 0.270 e. The number of benzene rings is 2. The van der Waals surface area contributed by atoms with Gasteiger partial charge in [0.25, 0.3) is 5.91 Å². The number of methoxy groups -OCH3 is 1. The summed E-state index contributed by atoms with van der Waals surface area (Å²) in [6, 6.07) is 13.0. The number of aryl methyl sites for hydroxylation is 1. The van der Waals surface area contributed by atoms with E-state index in [-0.39, 0.29) is 42.0 Å². The Labute approximate surface area is 253 Å². The van der Waals surface area contributed by atoms with Crippen LogP contribution < -0.4 is 10.1 Å². The van der Waals surface area contributed by atoms with E-state index in [9.17, 15) is 9.59 Å². The zero-order valence-corrected chi connectivity index (χ0v) is 24.4. The van der Waals surface area contributed by atoms with Crippen LogP contribution in [0, 0.1) is 17.1 Å². The molecule has 12 heteroatoms. The molecule has 0 radical (unpaired) electrons. The molecule has 11 nitrogen and oxygen atoms in total. The average molecular weight is 597 g/mol. The zero-order chi connectivity index (χ0) is 30.6. The fourth-order valence-electron chi connectivity index (χ4n) is 6.00. The maximum Gasteiger partial charge on any atom is 0.270 e. The second-order valence-corrected chi connectivity index (χ2v) is 11.0. The van der Waals surface area contributed by atoms with Gasteiger partial charge in [0.05, 0.1) is 37.9 Å². The number of piperazine rings is 1. The van der Waals surface area contributed by atoms with Crippen LogP contribution in [0.25, 0.3) is 27.6 Å². The number of amides is 2. The van der Waals surface area contributed by atoms with Gasteiger partial charge in [-0.1, -0.05) is 29.5 Å². The van der Waals surface area contributed by atoms with Crippen molar-refractivity contribution in [2.45, 2.75) is 31.8 Å². The summed E-state index contributed by atoms with van der Waals surface area (Å²) in [6.45, 7) is 2.67. The number of rotatable bonds is 8. The van der Waals surface area contributed by atoms with E-state index in [1.165, 1.54) is 0 Å². The second-order valence-electron chi connectivity index (χ2n) is 11.0. The van der Waals surface area contributed by atoms with Crippen LogP contribution in [0.5, 0.6) is 5.75 Å². The van der Waals surface area contributed by atoms with Crippen LogP contribution in [-0.4, -0.2) is 87.5 Å². The summed E-state index contributed by atoms with van der Waals surface area (Å²) in [4.78, 5) is 33.2. The number of para-hydroxylation sites is 1. The highest BCUT2D eigenvalue weighted by molar-refractivity contribution is 6.05. The Hall–Kier alpha value is -5.02. The monoisotopic (exact) mass is 596 g/mol. The molecule has 0 spiro atoms. The number of aromatic nitrogens is 4. The van der Waals surface area contributed by atoms with E-state index >= 15 is 4.39 Å². The molecule has 4 heterocycles. The average Bonchev–Trinajstić information content (AvgIpc) is 3.75. The molecule has 4 aromatic rings. The largest absolute Gasteiger partial charge is 0.496 e. The molecule has 2 aliphatic rings. The number of aromatic amines is 1. The Morgan fingerprint density at radius 2 is 2.02 bits per heavy atom. The molecule has 44 heavy (non-hydrogen) atoms. The zero-order valence-electron chi connectivity index (χ0n) is 24.4. The van der Waals surface area contributed by atoms with Crippen molar-refractivity contribution < 1.29 is 18.7 Å². The first-order chi connectivity index (χ1) is 21.5. The molecule has 0 unspecified atom stereocenters. The van der Waals surface area contributed by atoms with E-state index in [2.05, 4.69) is 26.7 Å². The standard InChI is InChI=1S/C32H33FN8O3/c1-44-28-7-3-2-6-23(28)25-17-24(21-5-4-13-39(19-21)29(42)9-14-41-16-12-36-38-41)30(33)31-26(25)18-27(37-31)32(43)40-15-11-35-22(20-40)8-10-34/h2-3,5-7,12,16-18,22,35,37H,4,8-9,11,13-15,19-20H2,1H3/t22-/m0/s1. The summed E-state index contributed by atoms with van der Waals surface area (Å²) in [7, 11) is 1.58. The number of halogens is 1. The fourth-order valence-corrected chi connectivity index (χ4v) is 6.00. The van der Waals surface area contributed by atoms with Gasteiger partial charge in [-0.15, -0.1) is 5.10 Å². The Morgan fingerprint density at radius 1 is 1.16 bits per heavy atom. The quantitative estimate of drug-likeness (QED) is 0.318. The van der Waals surface area contributed by atoms with Crippen molar-refractivity contribution >= 4 is 28.3 Å². The lowest BCUT2D eigenvalue weighted by molar-refractivity contribution is -0.131. The Morgan fingerprint density at radius 3 is 2.82 bits per heavy atom. The number of hydrogen-bond acceptors (Lipinski definition) is 7. The molecule has 0 bridgehead atoms. The van der Waals surface area contributed by atoms with Gasteiger partial charge >= 0.3 is 0 Å². The first kappa shape index (κ1) is 29.1. The SMILES string of the molecule is COc1ccccc1-c1cc(C2=CCCN(C(=O)CCn3ccnn3)C2)c(F)c2[nH]c(C(=O)N3CCN[C@@H](CC#N)C3)cc12. The number of ether oxygens (including phenoxy) is 1. The van der Waals surface area contributed by atoms with Crippen molar-refractivity contribution in [2.75, 3.05) is 39.8 Å². The van der Waals surface area contributed by atoms with Crippen LogP contribution in [0.15, 0.2) is 54.9 Å². The molecule has 1 fully saturated rings. The van der Waals surface area contributed by atoms with Gasteiger partial charge in [0.2, 0.25) is 5.91 Å². The number of carbonyl (C=O) groups is 2. The van der Waals surface area contributed by atoms with Gasteiger partial charge in [-0.25, -0.2) is 4.39 Å². The van der Waals surface area contributed by atoms with Gasteiger partial charge in [-0.05, 0) is 35.8 Å². The number of carbonyl (C=O) groups excluding carboxylic acids is 2. The number of H-pyrrole nitrogens is 1. The third-order valence-corrected chi connectivity index (χ3v) is 8.24. The normalized spacial score (nSPS) is 16.9. The van der Waals surface area contributed by atoms with Crippen LogP contribution in [0.4, 0.5) is 4.39 Å². The molecule has 226 valence electrons. The number of nitrogens with one attached hydrogen (secondary N) is 2. The van der Waals surface area contributed by atoms with E-state index in [4.69, 9.17) is 10.00 Å². The van der Waals surface area contributed by atoms with Gasteiger partial charge in [-0.3, -0.25) is 14.3 Å². The van der Waals surface area contributed by atoms with E-state index in [1.807, 2.05) is 30.3 Å². The Kier molecular flexibility index (Phi) is 8.38. The van der Waals surface area contributed by atoms with Gasteiger partial charge in [0.15, 0.2) is 5.82 Å². The molecule has 2 aromatic carbocycles. The van der Waals surface area contributed by atoms with Gasteiger partial charge in [-0.2, -0.15) is 5.26 Å². The lowest BCUT2D eigenvalue weighted by atomic mass is 9.93. The topological polar surface area (TPSA) is 132 Å². The number of nitrogens with zero attached hydrogens (tertiary/aromatic N) is 6. The Bertz CT molecular complexity index is 1760. The predicted molar refractivity (Wildman–Crippen MR) is 162 cm³/mol. The summed E-state index contributed by atoms with van der Waals surface area (Å²) in [6.07, 6.45) is 6.39. The molecule has 0 saturated carbocycles. The van der Waals surface area contributed by atoms with Gasteiger partial charge < -0.3 is 24.8 Å². The molecular weight excluding hydrogens is 563 g/mol. The van der Waals surface area contributed by atoms with E-state index in [0.717, 1.165) is 5.56 Å². The summed E-state index contributed by atoms with van der Waals surface area (Å²) in [5.74, 6) is -0.164. The minimum atomic E-state index is -0.483. The highest BCUT2D eigenvalue weighted by Crippen LogP contribution is 2.40. The number of hydrogen-bond donors (Lipinski definition) is 2. The molecule has 2 amide bonds. The van der Waals surface area contributed by atoms with E-state index in [0.29, 0.717) is 73.4 Å². The van der Waals surface area contributed by atoms with Crippen LogP contribution >= 0.6 is 0 Å². The van der Waals surface area contributed by atoms with Crippen molar-refractivity contribution in [2.24, 2.45) is 0 Å². The van der Waals surface area contributed by atoms with Crippen LogP contribution in [0.1, 0.15) is 35.3 Å². The second kappa shape index (κ2) is 12.7. The van der Waals surface area contributed by atoms with Gasteiger partial charge in [0, 0.05) is 67.9 Å². The molecule has 0 aliphatic carbocycles. The van der Waals surface area contributed by atoms with Crippen LogP contribution in [0.3, 0.4) is 0 Å². The minimum absolute atomic E-state index is 0.0454. The molecular formula is C32H33FN8O3. The summed E-state index contributed by atoms with van der Waals surface area (Å²) < 4.78 is 23.8. The predicted octanol–water partition coefficient (Wildman–Crippen LogP) is 3.61. The molecule has 2 N–H and O–H groups in total. The first-order valence-corrected chi connectivity index (χ1v) is 14.7. The lowest BCUT2D eigenvalue weighted by Gasteiger charge is -2.32. The van der Waals surface area contributed by atoms with Crippen molar-refractivity contribution in [3.8, 4) is 22.9 Å². The highest BCUT2D eigenvalue weighted by atomic mass is 19.1. The summed E-state index contributed by atoms with van der Waals surface area (Å²) in [5.41, 5.74) is 3.02. The third kappa shape index (κ3) is 5.78. The van der Waals surface area contributed by atoms with Crippen LogP contribution in [0.2, 0.25) is 0 Å².